The number of H-pyrrole nitrogens is 1. The van der Waals surface area contributed by atoms with Crippen molar-refractivity contribution in [2.75, 3.05) is 18.8 Å². The van der Waals surface area contributed by atoms with Crippen LogP contribution in [0, 0.1) is 11.2 Å². The summed E-state index contributed by atoms with van der Waals surface area (Å²) >= 11 is 0. The number of benzene rings is 2. The Balaban J connectivity index is 1.62. The molecule has 2 nitrogen and oxygen atoms in total. The number of hydrogen-bond acceptors (Lipinski definition) is 1. The predicted octanol–water partition coefficient (Wildman–Crippen LogP) is 5.34. The van der Waals surface area contributed by atoms with Gasteiger partial charge in [0.2, 0.25) is 0 Å². The molecule has 140 valence electrons. The largest absolute Gasteiger partial charge is 0.357 e. The van der Waals surface area contributed by atoms with Gasteiger partial charge in [-0.3, -0.25) is 0 Å². The van der Waals surface area contributed by atoms with Crippen LogP contribution in [0.15, 0.2) is 48.5 Å². The molecule has 0 fully saturated rings. The summed E-state index contributed by atoms with van der Waals surface area (Å²) in [5.74, 6) is 3.39. The van der Waals surface area contributed by atoms with Crippen LogP contribution < -0.4 is 5.32 Å². The molecule has 27 heavy (non-hydrogen) atoms. The van der Waals surface area contributed by atoms with Gasteiger partial charge in [0, 0.05) is 34.7 Å². The normalized spacial score (nSPS) is 17.2. The van der Waals surface area contributed by atoms with E-state index in [0.717, 1.165) is 18.5 Å². The highest BCUT2D eigenvalue weighted by Gasteiger charge is 2.23. The third-order valence-electron chi connectivity index (χ3n) is 5.10. The Morgan fingerprint density at radius 3 is 2.70 bits per heavy atom. The van der Waals surface area contributed by atoms with Crippen LogP contribution in [0.2, 0.25) is 0 Å². The van der Waals surface area contributed by atoms with Crippen LogP contribution in [0.4, 0.5) is 0 Å². The lowest BCUT2D eigenvalue weighted by atomic mass is 9.91. The lowest BCUT2D eigenvalue weighted by molar-refractivity contribution is 0.452. The van der Waals surface area contributed by atoms with Gasteiger partial charge in [0.25, 0.3) is 0 Å². The number of rotatable bonds is 3. The fourth-order valence-corrected chi connectivity index (χ4v) is 4.22. The van der Waals surface area contributed by atoms with Crippen molar-refractivity contribution >= 4 is 20.9 Å². The minimum absolute atomic E-state index is 0.398. The fraction of sp³-hybridized carbons (Fsp3) is 0.333. The summed E-state index contributed by atoms with van der Waals surface area (Å²) in [5, 5.41) is 8.55. The summed E-state index contributed by atoms with van der Waals surface area (Å²) in [6.07, 6.45) is 10.3. The Kier molecular flexibility index (Phi) is 5.04. The molecule has 0 spiro atoms. The summed E-state index contributed by atoms with van der Waals surface area (Å²) in [7, 11) is -0.801. The third kappa shape index (κ3) is 4.24. The number of fused-ring (bicyclic) bond motifs is 3. The first-order valence-electron chi connectivity index (χ1n) is 9.62. The zero-order valence-electron chi connectivity index (χ0n) is 16.4. The fourth-order valence-electron chi connectivity index (χ4n) is 3.79. The van der Waals surface area contributed by atoms with E-state index >= 15 is 0 Å². The van der Waals surface area contributed by atoms with Crippen LogP contribution >= 0.6 is 10.0 Å². The first-order valence-corrected chi connectivity index (χ1v) is 12.5. The van der Waals surface area contributed by atoms with Gasteiger partial charge >= 0.3 is 0 Å². The smallest absolute Gasteiger partial charge is 0.0478 e. The van der Waals surface area contributed by atoms with Gasteiger partial charge in [-0.15, -0.1) is 0 Å². The number of hydrogen-bond donors (Lipinski definition) is 2. The summed E-state index contributed by atoms with van der Waals surface area (Å²) in [5.41, 5.74) is 6.56. The van der Waals surface area contributed by atoms with Gasteiger partial charge < -0.3 is 10.3 Å². The number of aromatic amines is 1. The lowest BCUT2D eigenvalue weighted by Crippen LogP contribution is -2.24. The SMILES string of the molecule is CS(C)(C)C#Cc1ccc2[nH]c3c(c2c1)CCCC3NCc1ccccc1. The molecule has 0 radical (unpaired) electrons. The second-order valence-corrected chi connectivity index (χ2v) is 12.0. The van der Waals surface area contributed by atoms with Crippen molar-refractivity contribution in [2.45, 2.75) is 31.8 Å². The highest BCUT2D eigenvalue weighted by molar-refractivity contribution is 8.35. The quantitative estimate of drug-likeness (QED) is 0.594. The molecule has 0 bridgehead atoms. The zero-order chi connectivity index (χ0) is 18.9. The van der Waals surface area contributed by atoms with Gasteiger partial charge in [-0.2, -0.15) is 10.0 Å². The van der Waals surface area contributed by atoms with Crippen molar-refractivity contribution < 1.29 is 0 Å². The molecule has 1 heterocycles. The monoisotopic (exact) mass is 376 g/mol. The molecule has 2 aromatic carbocycles. The Hall–Kier alpha value is -2.15. The van der Waals surface area contributed by atoms with Crippen LogP contribution in [0.3, 0.4) is 0 Å². The van der Waals surface area contributed by atoms with Gasteiger partial charge in [-0.1, -0.05) is 36.3 Å². The molecule has 2 N–H and O–H groups in total. The van der Waals surface area contributed by atoms with E-state index in [2.05, 4.69) is 88.8 Å². The number of aromatic nitrogens is 1. The number of aryl methyl sites for hydroxylation is 1. The zero-order valence-corrected chi connectivity index (χ0v) is 17.2. The van der Waals surface area contributed by atoms with Gasteiger partial charge in [0.15, 0.2) is 0 Å². The molecule has 3 aromatic rings. The lowest BCUT2D eigenvalue weighted by Gasteiger charge is -2.24. The molecular weight excluding hydrogens is 348 g/mol. The van der Waals surface area contributed by atoms with Crippen molar-refractivity contribution in [1.82, 2.24) is 10.3 Å². The molecular formula is C24H28N2S. The van der Waals surface area contributed by atoms with Crippen molar-refractivity contribution in [1.29, 1.82) is 0 Å². The number of nitrogens with one attached hydrogen (secondary N) is 2. The van der Waals surface area contributed by atoms with Crippen molar-refractivity contribution in [2.24, 2.45) is 0 Å². The molecule has 1 atom stereocenters. The average Bonchev–Trinajstić information content (AvgIpc) is 3.03. The van der Waals surface area contributed by atoms with Gasteiger partial charge in [-0.25, -0.2) is 0 Å². The van der Waals surface area contributed by atoms with Crippen molar-refractivity contribution in [3.8, 4) is 11.2 Å². The maximum Gasteiger partial charge on any atom is 0.0478 e. The molecule has 4 rings (SSSR count). The van der Waals surface area contributed by atoms with Crippen LogP contribution in [0.1, 0.15) is 41.3 Å². The molecule has 0 saturated carbocycles. The maximum atomic E-state index is 3.76. The topological polar surface area (TPSA) is 27.8 Å². The highest BCUT2D eigenvalue weighted by atomic mass is 32.3. The van der Waals surface area contributed by atoms with Crippen molar-refractivity contribution in [3.63, 3.8) is 0 Å². The Labute approximate surface area is 164 Å². The average molecular weight is 377 g/mol. The van der Waals surface area contributed by atoms with Crippen LogP contribution in [-0.2, 0) is 13.0 Å². The Bertz CT molecular complexity index is 1000. The standard InChI is InChI=1S/C24H28N2S/c1-27(2,3)15-14-18-12-13-22-21(16-18)20-10-7-11-23(24(20)26-22)25-17-19-8-5-4-6-9-19/h4-6,8-9,12-13,16,23,25-26H,7,10-11,17H2,1-3H3. The third-order valence-corrected chi connectivity index (χ3v) is 5.82. The molecule has 1 unspecified atom stereocenters. The predicted molar refractivity (Wildman–Crippen MR) is 120 cm³/mol. The first kappa shape index (κ1) is 18.2. The first-order chi connectivity index (χ1) is 13.0. The van der Waals surface area contributed by atoms with Gasteiger partial charge in [-0.05, 0) is 72.6 Å². The van der Waals surface area contributed by atoms with E-state index < -0.39 is 10.0 Å². The maximum absolute atomic E-state index is 3.76. The summed E-state index contributed by atoms with van der Waals surface area (Å²) in [6.45, 7) is 0.908. The van der Waals surface area contributed by atoms with E-state index in [1.165, 1.54) is 40.6 Å². The Morgan fingerprint density at radius 1 is 1.11 bits per heavy atom. The van der Waals surface area contributed by atoms with Crippen LogP contribution in [0.5, 0.6) is 0 Å². The van der Waals surface area contributed by atoms with E-state index in [4.69, 9.17) is 0 Å². The molecule has 1 aromatic heterocycles. The second-order valence-electron chi connectivity index (χ2n) is 8.15. The summed E-state index contributed by atoms with van der Waals surface area (Å²) in [6, 6.07) is 17.7. The van der Waals surface area contributed by atoms with Crippen LogP contribution in [-0.4, -0.2) is 23.8 Å². The minimum Gasteiger partial charge on any atom is -0.357 e. The summed E-state index contributed by atoms with van der Waals surface area (Å²) in [4.78, 5) is 3.70. The Morgan fingerprint density at radius 2 is 1.93 bits per heavy atom. The second kappa shape index (κ2) is 7.46. The highest BCUT2D eigenvalue weighted by Crippen LogP contribution is 2.36. The molecule has 0 amide bonds. The van der Waals surface area contributed by atoms with Gasteiger partial charge in [0.1, 0.15) is 0 Å². The molecule has 1 aliphatic carbocycles. The van der Waals surface area contributed by atoms with Gasteiger partial charge in [0.05, 0.1) is 0 Å². The van der Waals surface area contributed by atoms with E-state index in [9.17, 15) is 0 Å². The van der Waals surface area contributed by atoms with E-state index in [1.54, 1.807) is 0 Å². The molecule has 0 aliphatic heterocycles. The van der Waals surface area contributed by atoms with E-state index in [1.807, 2.05) is 0 Å². The molecule has 0 saturated heterocycles. The van der Waals surface area contributed by atoms with E-state index in [0.29, 0.717) is 6.04 Å². The molecule has 1 aliphatic rings. The molecule has 3 heteroatoms. The summed E-state index contributed by atoms with van der Waals surface area (Å²) < 4.78 is 0. The van der Waals surface area contributed by atoms with E-state index in [-0.39, 0.29) is 0 Å². The van der Waals surface area contributed by atoms with Crippen molar-refractivity contribution in [3.05, 3.63) is 70.9 Å². The minimum atomic E-state index is -0.801. The van der Waals surface area contributed by atoms with Crippen LogP contribution in [0.25, 0.3) is 10.9 Å².